The van der Waals surface area contributed by atoms with Crippen LogP contribution in [0, 0.1) is 20.8 Å². The molecule has 32 heavy (non-hydrogen) atoms. The third-order valence-electron chi connectivity index (χ3n) is 6.20. The van der Waals surface area contributed by atoms with Crippen LogP contribution >= 0.6 is 11.9 Å². The number of amides is 1. The lowest BCUT2D eigenvalue weighted by Gasteiger charge is -2.33. The van der Waals surface area contributed by atoms with Crippen molar-refractivity contribution in [1.29, 1.82) is 0 Å². The number of fused-ring (bicyclic) bond motifs is 1. The highest BCUT2D eigenvalue weighted by molar-refractivity contribution is 7.97. The van der Waals surface area contributed by atoms with E-state index in [-0.39, 0.29) is 5.91 Å². The molecule has 4 rings (SSSR count). The molecule has 2 aromatic carbocycles. The maximum absolute atomic E-state index is 12.9. The lowest BCUT2D eigenvalue weighted by Crippen LogP contribution is -2.46. The molecule has 2 N–H and O–H groups in total. The summed E-state index contributed by atoms with van der Waals surface area (Å²) in [6.07, 6.45) is 1.48. The number of rotatable bonds is 5. The van der Waals surface area contributed by atoms with Crippen LogP contribution in [-0.2, 0) is 4.79 Å². The van der Waals surface area contributed by atoms with E-state index in [1.165, 1.54) is 34.2 Å². The van der Waals surface area contributed by atoms with Crippen LogP contribution in [0.2, 0.25) is 0 Å². The van der Waals surface area contributed by atoms with Crippen molar-refractivity contribution in [3.8, 4) is 16.9 Å². The minimum absolute atomic E-state index is 0.0114. The molecule has 0 radical (unpaired) electrons. The predicted molar refractivity (Wildman–Crippen MR) is 133 cm³/mol. The smallest absolute Gasteiger partial charge is 0.263 e. The Kier molecular flexibility index (Phi) is 6.72. The van der Waals surface area contributed by atoms with E-state index in [2.05, 4.69) is 44.2 Å². The molecule has 2 atom stereocenters. The Morgan fingerprint density at radius 2 is 1.94 bits per heavy atom. The maximum atomic E-state index is 12.9. The molecular weight excluding hydrogens is 418 g/mol. The highest BCUT2D eigenvalue weighted by Crippen LogP contribution is 2.35. The number of hydrogen-bond acceptors (Lipinski definition) is 5. The Hall–Kier alpha value is -2.57. The molecule has 168 valence electrons. The molecule has 1 amide bonds. The summed E-state index contributed by atoms with van der Waals surface area (Å²) in [7, 11) is 0. The monoisotopic (exact) mass is 449 g/mol. The van der Waals surface area contributed by atoms with E-state index in [9.17, 15) is 4.79 Å². The number of benzene rings is 2. The molecule has 0 bridgehead atoms. The summed E-state index contributed by atoms with van der Waals surface area (Å²) in [6, 6.07) is 14.5. The van der Waals surface area contributed by atoms with E-state index in [1.54, 1.807) is 0 Å². The van der Waals surface area contributed by atoms with Crippen LogP contribution in [0.5, 0.6) is 5.75 Å². The van der Waals surface area contributed by atoms with E-state index >= 15 is 0 Å². The standard InChI is InChI=1S/C26H31N3O2S/c1-16-7-5-8-17(2)25(16)23-13-18(3)28-24-14-20(10-11-22(23)24)31-19(4)26(30)29-12-6-9-21(15-29)32-27/h5,7-8,10-11,13-14,19,21H,6,9,12,15,27H2,1-4H3. The average Bonchev–Trinajstić information content (AvgIpc) is 2.78. The van der Waals surface area contributed by atoms with Gasteiger partial charge in [0.25, 0.3) is 5.91 Å². The predicted octanol–water partition coefficient (Wildman–Crippen LogP) is 5.19. The Bertz CT molecular complexity index is 1130. The van der Waals surface area contributed by atoms with Crippen molar-refractivity contribution in [3.63, 3.8) is 0 Å². The number of nitrogens with zero attached hydrogens (tertiary/aromatic N) is 2. The topological polar surface area (TPSA) is 68.5 Å². The number of aromatic nitrogens is 1. The minimum atomic E-state index is -0.558. The van der Waals surface area contributed by atoms with Crippen molar-refractivity contribution in [3.05, 3.63) is 59.3 Å². The van der Waals surface area contributed by atoms with E-state index in [0.717, 1.165) is 36.0 Å². The van der Waals surface area contributed by atoms with Gasteiger partial charge in [0, 0.05) is 35.5 Å². The van der Waals surface area contributed by atoms with Gasteiger partial charge in [-0.1, -0.05) is 30.1 Å². The zero-order valence-corrected chi connectivity index (χ0v) is 20.0. The molecule has 1 aromatic heterocycles. The fourth-order valence-corrected chi connectivity index (χ4v) is 5.19. The highest BCUT2D eigenvalue weighted by Gasteiger charge is 2.27. The molecule has 1 saturated heterocycles. The first-order valence-corrected chi connectivity index (χ1v) is 12.1. The molecule has 0 saturated carbocycles. The molecule has 0 spiro atoms. The summed E-state index contributed by atoms with van der Waals surface area (Å²) < 4.78 is 6.07. The minimum Gasteiger partial charge on any atom is -0.481 e. The van der Waals surface area contributed by atoms with Crippen LogP contribution in [0.3, 0.4) is 0 Å². The SMILES string of the molecule is Cc1cc(-c2c(C)cccc2C)c2ccc(OC(C)C(=O)N3CCCC(SN)C3)cc2n1. The van der Waals surface area contributed by atoms with Gasteiger partial charge in [-0.3, -0.25) is 14.9 Å². The van der Waals surface area contributed by atoms with Crippen LogP contribution in [-0.4, -0.2) is 40.2 Å². The van der Waals surface area contributed by atoms with E-state index in [4.69, 9.17) is 14.9 Å². The fourth-order valence-electron chi connectivity index (χ4n) is 4.62. The molecule has 1 fully saturated rings. The molecule has 2 heterocycles. The number of aryl methyl sites for hydroxylation is 3. The molecule has 1 aliphatic rings. The Labute approximate surface area is 194 Å². The fraction of sp³-hybridized carbons (Fsp3) is 0.385. The second-order valence-corrected chi connectivity index (χ2v) is 9.64. The molecule has 2 unspecified atom stereocenters. The molecular formula is C26H31N3O2S. The van der Waals surface area contributed by atoms with E-state index < -0.39 is 6.10 Å². The number of nitrogens with two attached hydrogens (primary N) is 1. The van der Waals surface area contributed by atoms with Crippen molar-refractivity contribution in [2.75, 3.05) is 13.1 Å². The summed E-state index contributed by atoms with van der Waals surface area (Å²) in [6.45, 7) is 9.56. The first-order valence-electron chi connectivity index (χ1n) is 11.2. The zero-order valence-electron chi connectivity index (χ0n) is 19.2. The van der Waals surface area contributed by atoms with Gasteiger partial charge in [0.1, 0.15) is 5.75 Å². The Balaban J connectivity index is 1.61. The Morgan fingerprint density at radius 3 is 2.66 bits per heavy atom. The maximum Gasteiger partial charge on any atom is 0.263 e. The number of ether oxygens (including phenoxy) is 1. The van der Waals surface area contributed by atoms with Crippen molar-refractivity contribution in [1.82, 2.24) is 9.88 Å². The van der Waals surface area contributed by atoms with Crippen LogP contribution in [0.15, 0.2) is 42.5 Å². The first kappa shape index (κ1) is 22.6. The quantitative estimate of drug-likeness (QED) is 0.543. The normalized spacial score (nSPS) is 17.4. The highest BCUT2D eigenvalue weighted by atomic mass is 32.2. The molecule has 1 aliphatic heterocycles. The average molecular weight is 450 g/mol. The van der Waals surface area contributed by atoms with Gasteiger partial charge < -0.3 is 9.64 Å². The van der Waals surface area contributed by atoms with Crippen LogP contribution in [0.25, 0.3) is 22.0 Å². The van der Waals surface area contributed by atoms with Crippen molar-refractivity contribution in [2.24, 2.45) is 5.14 Å². The summed E-state index contributed by atoms with van der Waals surface area (Å²) in [4.78, 5) is 19.6. The van der Waals surface area contributed by atoms with Crippen molar-refractivity contribution in [2.45, 2.75) is 51.9 Å². The van der Waals surface area contributed by atoms with Gasteiger partial charge in [0.2, 0.25) is 0 Å². The van der Waals surface area contributed by atoms with Crippen molar-refractivity contribution >= 4 is 28.8 Å². The number of carbonyl (C=O) groups excluding carboxylic acids is 1. The number of pyridine rings is 1. The summed E-state index contributed by atoms with van der Waals surface area (Å²) in [5, 5.41) is 7.13. The van der Waals surface area contributed by atoms with Gasteiger partial charge in [0.15, 0.2) is 6.10 Å². The summed E-state index contributed by atoms with van der Waals surface area (Å²) in [5.74, 6) is 0.669. The number of hydrogen-bond donors (Lipinski definition) is 1. The third-order valence-corrected chi connectivity index (χ3v) is 6.97. The van der Waals surface area contributed by atoms with Gasteiger partial charge in [-0.05, 0) is 81.0 Å². The van der Waals surface area contributed by atoms with E-state index in [1.807, 2.05) is 30.9 Å². The molecule has 6 heteroatoms. The largest absolute Gasteiger partial charge is 0.481 e. The second-order valence-electron chi connectivity index (χ2n) is 8.70. The van der Waals surface area contributed by atoms with Crippen LogP contribution < -0.4 is 9.88 Å². The van der Waals surface area contributed by atoms with Crippen LogP contribution in [0.1, 0.15) is 36.6 Å². The summed E-state index contributed by atoms with van der Waals surface area (Å²) >= 11 is 1.34. The molecule has 5 nitrogen and oxygen atoms in total. The van der Waals surface area contributed by atoms with Gasteiger partial charge >= 0.3 is 0 Å². The van der Waals surface area contributed by atoms with E-state index in [0.29, 0.717) is 17.5 Å². The number of likely N-dealkylation sites (tertiary alicyclic amines) is 1. The number of piperidine rings is 1. The zero-order chi connectivity index (χ0) is 22.8. The van der Waals surface area contributed by atoms with Gasteiger partial charge in [-0.2, -0.15) is 0 Å². The first-order chi connectivity index (χ1) is 15.4. The van der Waals surface area contributed by atoms with Gasteiger partial charge in [-0.15, -0.1) is 0 Å². The van der Waals surface area contributed by atoms with Crippen LogP contribution in [0.4, 0.5) is 0 Å². The number of carbonyl (C=O) groups is 1. The Morgan fingerprint density at radius 1 is 1.19 bits per heavy atom. The molecule has 3 aromatic rings. The van der Waals surface area contributed by atoms with Gasteiger partial charge in [0.05, 0.1) is 5.52 Å². The molecule has 0 aliphatic carbocycles. The second kappa shape index (κ2) is 9.51. The van der Waals surface area contributed by atoms with Gasteiger partial charge in [-0.25, -0.2) is 0 Å². The lowest BCUT2D eigenvalue weighted by atomic mass is 9.93. The third kappa shape index (κ3) is 4.62. The summed E-state index contributed by atoms with van der Waals surface area (Å²) in [5.41, 5.74) is 6.74. The lowest BCUT2D eigenvalue weighted by molar-refractivity contribution is -0.138. The van der Waals surface area contributed by atoms with Crippen molar-refractivity contribution < 1.29 is 9.53 Å².